The maximum absolute atomic E-state index is 12.3. The van der Waals surface area contributed by atoms with Crippen molar-refractivity contribution < 1.29 is 14.3 Å². The van der Waals surface area contributed by atoms with Gasteiger partial charge in [0.15, 0.2) is 6.61 Å². The smallest absolute Gasteiger partial charge is 0.317 e. The average Bonchev–Trinajstić information content (AvgIpc) is 3.10. The maximum Gasteiger partial charge on any atom is 0.317 e. The molecule has 0 spiro atoms. The molecule has 2 saturated heterocycles. The first-order chi connectivity index (χ1) is 12.6. The molecule has 0 saturated carbocycles. The Kier molecular flexibility index (Phi) is 6.33. The number of carbonyl (C=O) groups is 2. The number of nitrogens with one attached hydrogen (secondary N) is 1. The standard InChI is InChI=1S/C19H28N4O3/c1-21-8-7-16(14-21)13-20-19(25)23-11-9-22(10-12-23)18(24)15-26-17-5-3-2-4-6-17/h2-6,16H,7-15H2,1H3,(H,20,25)/t16-/m0/s1. The number of rotatable bonds is 5. The van der Waals surface area contributed by atoms with E-state index in [9.17, 15) is 9.59 Å². The molecule has 0 aromatic heterocycles. The fraction of sp³-hybridized carbons (Fsp3) is 0.579. The Bertz CT molecular complexity index is 602. The Balaban J connectivity index is 1.35. The molecule has 3 amide bonds. The van der Waals surface area contributed by atoms with E-state index in [1.54, 1.807) is 9.80 Å². The zero-order valence-corrected chi connectivity index (χ0v) is 15.4. The van der Waals surface area contributed by atoms with Crippen LogP contribution in [0.3, 0.4) is 0 Å². The number of benzene rings is 1. The molecule has 2 fully saturated rings. The van der Waals surface area contributed by atoms with Gasteiger partial charge in [-0.3, -0.25) is 4.79 Å². The van der Waals surface area contributed by atoms with E-state index in [4.69, 9.17) is 4.74 Å². The van der Waals surface area contributed by atoms with Crippen molar-refractivity contribution >= 4 is 11.9 Å². The van der Waals surface area contributed by atoms with Crippen LogP contribution in [0.5, 0.6) is 5.75 Å². The van der Waals surface area contributed by atoms with Crippen LogP contribution in [0.1, 0.15) is 6.42 Å². The van der Waals surface area contributed by atoms with Gasteiger partial charge in [0.1, 0.15) is 5.75 Å². The van der Waals surface area contributed by atoms with E-state index < -0.39 is 0 Å². The molecule has 7 nitrogen and oxygen atoms in total. The predicted octanol–water partition coefficient (Wildman–Crippen LogP) is 0.871. The summed E-state index contributed by atoms with van der Waals surface area (Å²) in [4.78, 5) is 30.4. The van der Waals surface area contributed by atoms with Gasteiger partial charge in [-0.1, -0.05) is 18.2 Å². The summed E-state index contributed by atoms with van der Waals surface area (Å²) >= 11 is 0. The number of para-hydroxylation sites is 1. The van der Waals surface area contributed by atoms with Crippen LogP contribution in [0, 0.1) is 5.92 Å². The summed E-state index contributed by atoms with van der Waals surface area (Å²) in [5.41, 5.74) is 0. The van der Waals surface area contributed by atoms with Crippen molar-refractivity contribution in [3.05, 3.63) is 30.3 Å². The molecular weight excluding hydrogens is 332 g/mol. The minimum absolute atomic E-state index is 0.0211. The van der Waals surface area contributed by atoms with Gasteiger partial charge in [0, 0.05) is 39.3 Å². The number of piperazine rings is 1. The Morgan fingerprint density at radius 3 is 2.42 bits per heavy atom. The number of ether oxygens (including phenoxy) is 1. The molecule has 7 heteroatoms. The summed E-state index contributed by atoms with van der Waals surface area (Å²) in [6.45, 7) is 5.14. The van der Waals surface area contributed by atoms with E-state index in [1.807, 2.05) is 30.3 Å². The van der Waals surface area contributed by atoms with Gasteiger partial charge in [-0.05, 0) is 38.1 Å². The van der Waals surface area contributed by atoms with E-state index in [2.05, 4.69) is 17.3 Å². The molecule has 0 aliphatic carbocycles. The van der Waals surface area contributed by atoms with E-state index in [0.717, 1.165) is 26.1 Å². The van der Waals surface area contributed by atoms with Crippen LogP contribution in [-0.2, 0) is 4.79 Å². The normalized spacial score (nSPS) is 20.9. The van der Waals surface area contributed by atoms with Crippen molar-refractivity contribution in [1.29, 1.82) is 0 Å². The molecule has 26 heavy (non-hydrogen) atoms. The third-order valence-electron chi connectivity index (χ3n) is 5.06. The fourth-order valence-electron chi connectivity index (χ4n) is 3.45. The van der Waals surface area contributed by atoms with Gasteiger partial charge in [0.2, 0.25) is 0 Å². The maximum atomic E-state index is 12.3. The van der Waals surface area contributed by atoms with Crippen LogP contribution >= 0.6 is 0 Å². The van der Waals surface area contributed by atoms with Crippen LogP contribution in [0.4, 0.5) is 4.79 Å². The van der Waals surface area contributed by atoms with Crippen molar-refractivity contribution in [3.63, 3.8) is 0 Å². The Morgan fingerprint density at radius 2 is 1.77 bits per heavy atom. The van der Waals surface area contributed by atoms with Gasteiger partial charge in [-0.25, -0.2) is 4.79 Å². The monoisotopic (exact) mass is 360 g/mol. The molecule has 1 aromatic rings. The molecule has 3 rings (SSSR count). The van der Waals surface area contributed by atoms with Crippen LogP contribution < -0.4 is 10.1 Å². The number of nitrogens with zero attached hydrogens (tertiary/aromatic N) is 3. The zero-order valence-electron chi connectivity index (χ0n) is 15.4. The molecule has 142 valence electrons. The molecular formula is C19H28N4O3. The number of carbonyl (C=O) groups excluding carboxylic acids is 2. The molecule has 2 aliphatic heterocycles. The molecule has 1 atom stereocenters. The number of hydrogen-bond donors (Lipinski definition) is 1. The van der Waals surface area contributed by atoms with Gasteiger partial charge in [0.25, 0.3) is 5.91 Å². The molecule has 2 aliphatic rings. The van der Waals surface area contributed by atoms with Crippen molar-refractivity contribution in [2.45, 2.75) is 6.42 Å². The lowest BCUT2D eigenvalue weighted by Crippen LogP contribution is -2.54. The van der Waals surface area contributed by atoms with Gasteiger partial charge >= 0.3 is 6.03 Å². The number of urea groups is 1. The second-order valence-corrected chi connectivity index (χ2v) is 7.07. The van der Waals surface area contributed by atoms with Crippen LogP contribution in [0.2, 0.25) is 0 Å². The van der Waals surface area contributed by atoms with Crippen LogP contribution in [0.25, 0.3) is 0 Å². The fourth-order valence-corrected chi connectivity index (χ4v) is 3.45. The van der Waals surface area contributed by atoms with Gasteiger partial charge < -0.3 is 24.8 Å². The van der Waals surface area contributed by atoms with Gasteiger partial charge in [-0.15, -0.1) is 0 Å². The Hall–Kier alpha value is -2.28. The summed E-state index contributed by atoms with van der Waals surface area (Å²) < 4.78 is 5.51. The third-order valence-corrected chi connectivity index (χ3v) is 5.06. The number of amides is 3. The van der Waals surface area contributed by atoms with E-state index in [1.165, 1.54) is 0 Å². The minimum atomic E-state index is -0.0390. The minimum Gasteiger partial charge on any atom is -0.484 e. The lowest BCUT2D eigenvalue weighted by Gasteiger charge is -2.34. The number of likely N-dealkylation sites (tertiary alicyclic amines) is 1. The Morgan fingerprint density at radius 1 is 1.08 bits per heavy atom. The zero-order chi connectivity index (χ0) is 18.4. The lowest BCUT2D eigenvalue weighted by atomic mass is 10.1. The van der Waals surface area contributed by atoms with Crippen LogP contribution in [0.15, 0.2) is 30.3 Å². The summed E-state index contributed by atoms with van der Waals surface area (Å²) in [7, 11) is 2.11. The third kappa shape index (κ3) is 5.11. The van der Waals surface area contributed by atoms with Crippen molar-refractivity contribution in [2.24, 2.45) is 5.92 Å². The molecule has 1 N–H and O–H groups in total. The molecule has 2 heterocycles. The highest BCUT2D eigenvalue weighted by Gasteiger charge is 2.25. The second kappa shape index (κ2) is 8.89. The van der Waals surface area contributed by atoms with E-state index in [0.29, 0.717) is 37.8 Å². The summed E-state index contributed by atoms with van der Waals surface area (Å²) in [5, 5.41) is 3.04. The van der Waals surface area contributed by atoms with E-state index >= 15 is 0 Å². The topological polar surface area (TPSA) is 65.1 Å². The quantitative estimate of drug-likeness (QED) is 0.846. The first-order valence-electron chi connectivity index (χ1n) is 9.29. The second-order valence-electron chi connectivity index (χ2n) is 7.07. The highest BCUT2D eigenvalue weighted by Crippen LogP contribution is 2.13. The molecule has 0 unspecified atom stereocenters. The summed E-state index contributed by atoms with van der Waals surface area (Å²) in [5.74, 6) is 1.20. The SMILES string of the molecule is CN1CC[C@@H](CNC(=O)N2CCN(C(=O)COc3ccccc3)CC2)C1. The lowest BCUT2D eigenvalue weighted by molar-refractivity contribution is -0.134. The predicted molar refractivity (Wildman–Crippen MR) is 99.1 cm³/mol. The molecule has 0 bridgehead atoms. The van der Waals surface area contributed by atoms with Gasteiger partial charge in [-0.2, -0.15) is 0 Å². The first kappa shape index (κ1) is 18.5. The highest BCUT2D eigenvalue weighted by molar-refractivity contribution is 5.79. The van der Waals surface area contributed by atoms with Crippen molar-refractivity contribution in [1.82, 2.24) is 20.0 Å². The van der Waals surface area contributed by atoms with Gasteiger partial charge in [0.05, 0.1) is 0 Å². The first-order valence-corrected chi connectivity index (χ1v) is 9.29. The average molecular weight is 360 g/mol. The Labute approximate surface area is 154 Å². The van der Waals surface area contributed by atoms with Crippen LogP contribution in [-0.4, -0.2) is 86.1 Å². The summed E-state index contributed by atoms with van der Waals surface area (Å²) in [6.07, 6.45) is 1.14. The van der Waals surface area contributed by atoms with Crippen molar-refractivity contribution in [3.8, 4) is 5.75 Å². The largest absolute Gasteiger partial charge is 0.484 e. The van der Waals surface area contributed by atoms with Crippen molar-refractivity contribution in [2.75, 3.05) is 59.5 Å². The molecule has 1 aromatic carbocycles. The number of hydrogen-bond acceptors (Lipinski definition) is 4. The van der Waals surface area contributed by atoms with E-state index in [-0.39, 0.29) is 18.5 Å². The summed E-state index contributed by atoms with van der Waals surface area (Å²) in [6, 6.07) is 9.30. The molecule has 0 radical (unpaired) electrons. The highest BCUT2D eigenvalue weighted by atomic mass is 16.5.